The van der Waals surface area contributed by atoms with Gasteiger partial charge in [0, 0.05) is 25.5 Å². The molecule has 2 aromatic heterocycles. The molecule has 26 heavy (non-hydrogen) atoms. The minimum Gasteiger partial charge on any atom is -0.478 e. The third kappa shape index (κ3) is 3.11. The lowest BCUT2D eigenvalue weighted by atomic mass is 10.0. The first kappa shape index (κ1) is 16.8. The molecule has 1 amide bonds. The molecule has 1 aliphatic carbocycles. The second-order valence-electron chi connectivity index (χ2n) is 7.14. The summed E-state index contributed by atoms with van der Waals surface area (Å²) in [5, 5.41) is 17.6. The molecule has 0 aromatic carbocycles. The summed E-state index contributed by atoms with van der Waals surface area (Å²) in [5.41, 5.74) is 0.881. The lowest BCUT2D eigenvalue weighted by molar-refractivity contribution is 0.0673. The van der Waals surface area contributed by atoms with E-state index in [9.17, 15) is 9.59 Å². The minimum absolute atomic E-state index is 0.0412. The second kappa shape index (κ2) is 6.93. The van der Waals surface area contributed by atoms with Gasteiger partial charge in [-0.25, -0.2) is 4.79 Å². The second-order valence-corrected chi connectivity index (χ2v) is 7.14. The van der Waals surface area contributed by atoms with Crippen LogP contribution in [0.1, 0.15) is 71.5 Å². The number of hydrogen-bond donors (Lipinski definition) is 1. The van der Waals surface area contributed by atoms with E-state index in [1.54, 1.807) is 17.1 Å². The van der Waals surface area contributed by atoms with Crippen molar-refractivity contribution in [3.8, 4) is 0 Å². The highest BCUT2D eigenvalue weighted by atomic mass is 16.4. The van der Waals surface area contributed by atoms with Gasteiger partial charge in [-0.1, -0.05) is 12.8 Å². The van der Waals surface area contributed by atoms with E-state index in [1.165, 1.54) is 19.0 Å². The SMILES string of the molecule is O=C(O)c1cnn(C2CCN(C(=O)c3ccnn3C3CCCC3)CC2)c1. The standard InChI is InChI=1S/C18H23N5O3/c24-17(16-5-8-19-23(16)15-3-1-2-4-15)21-9-6-14(7-10-21)22-12-13(11-20-22)18(25)26/h5,8,11-12,14-15H,1-4,6-7,9-10H2,(H,25,26). The van der Waals surface area contributed by atoms with Crippen LogP contribution in [0.4, 0.5) is 0 Å². The number of aromatic carboxylic acids is 1. The predicted octanol–water partition coefficient (Wildman–Crippen LogP) is 2.37. The summed E-state index contributed by atoms with van der Waals surface area (Å²) in [5.74, 6) is -0.927. The third-order valence-electron chi connectivity index (χ3n) is 5.53. The average Bonchev–Trinajstić information content (AvgIpc) is 3.41. The van der Waals surface area contributed by atoms with Crippen LogP contribution in [0, 0.1) is 0 Å². The summed E-state index contributed by atoms with van der Waals surface area (Å²) in [4.78, 5) is 25.8. The first-order valence-corrected chi connectivity index (χ1v) is 9.23. The fraction of sp³-hybridized carbons (Fsp3) is 0.556. The van der Waals surface area contributed by atoms with Gasteiger partial charge in [-0.15, -0.1) is 0 Å². The maximum Gasteiger partial charge on any atom is 0.338 e. The molecule has 0 unspecified atom stereocenters. The van der Waals surface area contributed by atoms with Gasteiger partial charge in [-0.2, -0.15) is 10.2 Å². The van der Waals surface area contributed by atoms with E-state index >= 15 is 0 Å². The van der Waals surface area contributed by atoms with Crippen molar-refractivity contribution in [1.29, 1.82) is 0 Å². The molecule has 1 N–H and O–H groups in total. The fourth-order valence-corrected chi connectivity index (χ4v) is 4.07. The van der Waals surface area contributed by atoms with Crippen molar-refractivity contribution in [2.75, 3.05) is 13.1 Å². The maximum absolute atomic E-state index is 12.9. The number of nitrogens with zero attached hydrogens (tertiary/aromatic N) is 5. The maximum atomic E-state index is 12.9. The Kier molecular flexibility index (Phi) is 4.48. The Morgan fingerprint density at radius 3 is 2.42 bits per heavy atom. The molecule has 1 saturated heterocycles. The van der Waals surface area contributed by atoms with Gasteiger partial charge in [-0.05, 0) is 31.7 Å². The van der Waals surface area contributed by atoms with Crippen LogP contribution in [-0.2, 0) is 0 Å². The number of amides is 1. The summed E-state index contributed by atoms with van der Waals surface area (Å²) in [6, 6.07) is 2.30. The minimum atomic E-state index is -0.968. The van der Waals surface area contributed by atoms with E-state index in [0.717, 1.165) is 25.7 Å². The molecule has 138 valence electrons. The number of carboxylic acids is 1. The van der Waals surface area contributed by atoms with Crippen molar-refractivity contribution >= 4 is 11.9 Å². The van der Waals surface area contributed by atoms with E-state index in [1.807, 2.05) is 15.6 Å². The van der Waals surface area contributed by atoms with Gasteiger partial charge in [0.15, 0.2) is 0 Å². The zero-order valence-corrected chi connectivity index (χ0v) is 14.6. The molecular formula is C18H23N5O3. The molecule has 0 spiro atoms. The number of carbonyl (C=O) groups is 2. The number of likely N-dealkylation sites (tertiary alicyclic amines) is 1. The van der Waals surface area contributed by atoms with Crippen LogP contribution in [0.3, 0.4) is 0 Å². The predicted molar refractivity (Wildman–Crippen MR) is 93.1 cm³/mol. The van der Waals surface area contributed by atoms with Gasteiger partial charge in [0.25, 0.3) is 5.91 Å². The molecule has 0 bridgehead atoms. The molecule has 4 rings (SSSR count). The van der Waals surface area contributed by atoms with E-state index < -0.39 is 5.97 Å². The van der Waals surface area contributed by atoms with Gasteiger partial charge in [0.2, 0.25) is 0 Å². The average molecular weight is 357 g/mol. The lowest BCUT2D eigenvalue weighted by Crippen LogP contribution is -2.40. The fourth-order valence-electron chi connectivity index (χ4n) is 4.07. The summed E-state index contributed by atoms with van der Waals surface area (Å²) in [6.45, 7) is 1.28. The lowest BCUT2D eigenvalue weighted by Gasteiger charge is -2.32. The van der Waals surface area contributed by atoms with Crippen molar-refractivity contribution in [2.24, 2.45) is 0 Å². The summed E-state index contributed by atoms with van der Waals surface area (Å²) in [7, 11) is 0. The summed E-state index contributed by atoms with van der Waals surface area (Å²) in [6.07, 6.45) is 10.8. The molecular weight excluding hydrogens is 334 g/mol. The number of piperidine rings is 1. The normalized spacial score (nSPS) is 19.2. The van der Waals surface area contributed by atoms with Crippen LogP contribution in [-0.4, -0.2) is 54.5 Å². The Morgan fingerprint density at radius 1 is 1.04 bits per heavy atom. The quantitative estimate of drug-likeness (QED) is 0.907. The van der Waals surface area contributed by atoms with Crippen molar-refractivity contribution < 1.29 is 14.7 Å². The number of carboxylic acid groups (broad SMARTS) is 1. The van der Waals surface area contributed by atoms with Crippen LogP contribution in [0.2, 0.25) is 0 Å². The van der Waals surface area contributed by atoms with E-state index in [-0.39, 0.29) is 17.5 Å². The van der Waals surface area contributed by atoms with E-state index in [0.29, 0.717) is 24.8 Å². The van der Waals surface area contributed by atoms with Gasteiger partial charge < -0.3 is 10.0 Å². The highest BCUT2D eigenvalue weighted by Gasteiger charge is 2.29. The summed E-state index contributed by atoms with van der Waals surface area (Å²) < 4.78 is 3.63. The van der Waals surface area contributed by atoms with Crippen molar-refractivity contribution in [3.63, 3.8) is 0 Å². The highest BCUT2D eigenvalue weighted by molar-refractivity contribution is 5.92. The Labute approximate surface area is 151 Å². The zero-order valence-electron chi connectivity index (χ0n) is 14.6. The Morgan fingerprint density at radius 2 is 1.77 bits per heavy atom. The van der Waals surface area contributed by atoms with Crippen molar-refractivity contribution in [2.45, 2.75) is 50.6 Å². The largest absolute Gasteiger partial charge is 0.478 e. The number of rotatable bonds is 4. The van der Waals surface area contributed by atoms with Gasteiger partial charge in [0.1, 0.15) is 5.69 Å². The third-order valence-corrected chi connectivity index (χ3v) is 5.53. The molecule has 0 radical (unpaired) electrons. The van der Waals surface area contributed by atoms with Crippen LogP contribution in [0.5, 0.6) is 0 Å². The van der Waals surface area contributed by atoms with Crippen LogP contribution in [0.15, 0.2) is 24.7 Å². The Hall–Kier alpha value is -2.64. The topological polar surface area (TPSA) is 93.2 Å². The molecule has 8 heteroatoms. The molecule has 0 atom stereocenters. The number of carbonyl (C=O) groups excluding carboxylic acids is 1. The van der Waals surface area contributed by atoms with Crippen LogP contribution >= 0.6 is 0 Å². The monoisotopic (exact) mass is 357 g/mol. The van der Waals surface area contributed by atoms with Gasteiger partial charge >= 0.3 is 5.97 Å². The molecule has 2 aromatic rings. The van der Waals surface area contributed by atoms with Crippen molar-refractivity contribution in [3.05, 3.63) is 35.9 Å². The number of aromatic nitrogens is 4. The Bertz CT molecular complexity index is 797. The molecule has 3 heterocycles. The molecule has 2 aliphatic rings. The first-order valence-electron chi connectivity index (χ1n) is 9.23. The summed E-state index contributed by atoms with van der Waals surface area (Å²) >= 11 is 0. The van der Waals surface area contributed by atoms with Crippen LogP contribution < -0.4 is 0 Å². The molecule has 1 saturated carbocycles. The van der Waals surface area contributed by atoms with E-state index in [4.69, 9.17) is 5.11 Å². The zero-order chi connectivity index (χ0) is 18.1. The van der Waals surface area contributed by atoms with Gasteiger partial charge in [-0.3, -0.25) is 14.2 Å². The van der Waals surface area contributed by atoms with Crippen molar-refractivity contribution in [1.82, 2.24) is 24.5 Å². The van der Waals surface area contributed by atoms with E-state index in [2.05, 4.69) is 10.2 Å². The molecule has 1 aliphatic heterocycles. The Balaban J connectivity index is 1.41. The smallest absolute Gasteiger partial charge is 0.338 e. The van der Waals surface area contributed by atoms with Gasteiger partial charge in [0.05, 0.1) is 23.8 Å². The number of hydrogen-bond acceptors (Lipinski definition) is 4. The highest BCUT2D eigenvalue weighted by Crippen LogP contribution is 2.30. The van der Waals surface area contributed by atoms with Crippen LogP contribution in [0.25, 0.3) is 0 Å². The molecule has 2 fully saturated rings. The molecule has 8 nitrogen and oxygen atoms in total. The first-order chi connectivity index (χ1) is 12.6.